The highest BCUT2D eigenvalue weighted by atomic mass is 16.3. The van der Waals surface area contributed by atoms with E-state index in [1.807, 2.05) is 37.1 Å². The fourth-order valence-corrected chi connectivity index (χ4v) is 2.60. The predicted octanol–water partition coefficient (Wildman–Crippen LogP) is 2.41. The molecule has 1 aliphatic carbocycles. The van der Waals surface area contributed by atoms with Crippen molar-refractivity contribution in [2.45, 2.75) is 38.6 Å². The number of hydrogen-bond acceptors (Lipinski definition) is 3. The maximum atomic E-state index is 12.8. The maximum Gasteiger partial charge on any atom is 0.256 e. The normalized spacial score (nSPS) is 14.8. The molecule has 0 aliphatic heterocycles. The number of nitrogens with one attached hydrogen (secondary N) is 1. The molecule has 0 aromatic heterocycles. The molecule has 1 aliphatic rings. The lowest BCUT2D eigenvalue weighted by Crippen LogP contribution is -2.45. The van der Waals surface area contributed by atoms with Crippen LogP contribution in [0.25, 0.3) is 0 Å². The first-order valence-electron chi connectivity index (χ1n) is 7.37. The molecule has 1 saturated carbocycles. The molecule has 2 N–H and O–H groups in total. The van der Waals surface area contributed by atoms with Crippen LogP contribution in [0.4, 0.5) is 5.69 Å². The molecule has 1 aromatic carbocycles. The van der Waals surface area contributed by atoms with Crippen LogP contribution in [0.5, 0.6) is 0 Å². The minimum Gasteiger partial charge on any atom is -0.396 e. The lowest BCUT2D eigenvalue weighted by atomic mass is 9.90. The summed E-state index contributed by atoms with van der Waals surface area (Å²) in [5.74, 6) is 0.0764. The van der Waals surface area contributed by atoms with Gasteiger partial charge in [0.25, 0.3) is 5.91 Å². The van der Waals surface area contributed by atoms with Gasteiger partial charge in [-0.15, -0.1) is 0 Å². The van der Waals surface area contributed by atoms with Gasteiger partial charge in [0.15, 0.2) is 0 Å². The summed E-state index contributed by atoms with van der Waals surface area (Å²) in [4.78, 5) is 14.7. The van der Waals surface area contributed by atoms with Gasteiger partial charge in [0.1, 0.15) is 0 Å². The quantitative estimate of drug-likeness (QED) is 0.839. The Bertz CT molecular complexity index is 470. The number of carbonyl (C=O) groups is 1. The van der Waals surface area contributed by atoms with Gasteiger partial charge in [-0.25, -0.2) is 0 Å². The smallest absolute Gasteiger partial charge is 0.256 e. The first-order chi connectivity index (χ1) is 9.67. The van der Waals surface area contributed by atoms with Crippen LogP contribution >= 0.6 is 0 Å². The van der Waals surface area contributed by atoms with Crippen LogP contribution in [-0.2, 0) is 0 Å². The second-order valence-electron chi connectivity index (χ2n) is 5.46. The Hall–Kier alpha value is -1.55. The van der Waals surface area contributed by atoms with Crippen molar-refractivity contribution in [2.75, 3.05) is 25.5 Å². The second-order valence-corrected chi connectivity index (χ2v) is 5.46. The SMILES string of the molecule is CNc1cc(C)ccc1C(=O)N(CCCO)C1CCC1. The summed E-state index contributed by atoms with van der Waals surface area (Å²) in [7, 11) is 1.84. The van der Waals surface area contributed by atoms with Gasteiger partial charge in [0.2, 0.25) is 0 Å². The third kappa shape index (κ3) is 3.12. The molecular weight excluding hydrogens is 252 g/mol. The summed E-state index contributed by atoms with van der Waals surface area (Å²) in [6, 6.07) is 6.21. The van der Waals surface area contributed by atoms with Crippen molar-refractivity contribution >= 4 is 11.6 Å². The van der Waals surface area contributed by atoms with Crippen LogP contribution in [0.3, 0.4) is 0 Å². The zero-order valence-electron chi connectivity index (χ0n) is 12.4. The summed E-state index contributed by atoms with van der Waals surface area (Å²) in [6.07, 6.45) is 4.00. The summed E-state index contributed by atoms with van der Waals surface area (Å²) in [5, 5.41) is 12.1. The summed E-state index contributed by atoms with van der Waals surface area (Å²) in [6.45, 7) is 2.78. The van der Waals surface area contributed by atoms with Crippen LogP contribution in [0.2, 0.25) is 0 Å². The molecule has 0 heterocycles. The molecule has 2 rings (SSSR count). The number of aliphatic hydroxyl groups excluding tert-OH is 1. The minimum atomic E-state index is 0.0764. The number of aliphatic hydroxyl groups is 1. The van der Waals surface area contributed by atoms with Gasteiger partial charge in [-0.2, -0.15) is 0 Å². The number of amides is 1. The van der Waals surface area contributed by atoms with Crippen LogP contribution < -0.4 is 5.32 Å². The summed E-state index contributed by atoms with van der Waals surface area (Å²) >= 11 is 0. The Morgan fingerprint density at radius 2 is 2.20 bits per heavy atom. The van der Waals surface area contributed by atoms with E-state index >= 15 is 0 Å². The Balaban J connectivity index is 2.21. The third-order valence-corrected chi connectivity index (χ3v) is 4.01. The van der Waals surface area contributed by atoms with E-state index in [4.69, 9.17) is 5.11 Å². The molecule has 0 atom stereocenters. The van der Waals surface area contributed by atoms with E-state index in [1.165, 1.54) is 6.42 Å². The van der Waals surface area contributed by atoms with E-state index in [9.17, 15) is 4.79 Å². The van der Waals surface area contributed by atoms with Crippen molar-refractivity contribution in [3.05, 3.63) is 29.3 Å². The molecule has 4 nitrogen and oxygen atoms in total. The van der Waals surface area contributed by atoms with Gasteiger partial charge in [-0.05, 0) is 50.3 Å². The Morgan fingerprint density at radius 1 is 1.45 bits per heavy atom. The number of aryl methyl sites for hydroxylation is 1. The average molecular weight is 276 g/mol. The third-order valence-electron chi connectivity index (χ3n) is 4.01. The van der Waals surface area contributed by atoms with Crippen molar-refractivity contribution in [3.8, 4) is 0 Å². The van der Waals surface area contributed by atoms with Gasteiger partial charge in [0, 0.05) is 31.9 Å². The fourth-order valence-electron chi connectivity index (χ4n) is 2.60. The highest BCUT2D eigenvalue weighted by Crippen LogP contribution is 2.28. The Kier molecular flexibility index (Phi) is 5.01. The van der Waals surface area contributed by atoms with Gasteiger partial charge in [-0.1, -0.05) is 6.07 Å². The molecule has 1 amide bonds. The number of carbonyl (C=O) groups excluding carboxylic acids is 1. The van der Waals surface area contributed by atoms with E-state index in [-0.39, 0.29) is 12.5 Å². The summed E-state index contributed by atoms with van der Waals surface area (Å²) in [5.41, 5.74) is 2.74. The van der Waals surface area contributed by atoms with Crippen LogP contribution in [0.1, 0.15) is 41.6 Å². The first-order valence-corrected chi connectivity index (χ1v) is 7.37. The van der Waals surface area contributed by atoms with Crippen molar-refractivity contribution in [3.63, 3.8) is 0 Å². The van der Waals surface area contributed by atoms with E-state index < -0.39 is 0 Å². The predicted molar refractivity (Wildman–Crippen MR) is 81.1 cm³/mol. The highest BCUT2D eigenvalue weighted by molar-refractivity contribution is 6.00. The van der Waals surface area contributed by atoms with Crippen molar-refractivity contribution < 1.29 is 9.90 Å². The van der Waals surface area contributed by atoms with Gasteiger partial charge >= 0.3 is 0 Å². The number of hydrogen-bond donors (Lipinski definition) is 2. The van der Waals surface area contributed by atoms with Crippen molar-refractivity contribution in [1.82, 2.24) is 4.90 Å². The molecule has 0 bridgehead atoms. The van der Waals surface area contributed by atoms with Crippen LogP contribution in [0, 0.1) is 6.92 Å². The van der Waals surface area contributed by atoms with Crippen molar-refractivity contribution in [2.24, 2.45) is 0 Å². The largest absolute Gasteiger partial charge is 0.396 e. The van der Waals surface area contributed by atoms with E-state index in [2.05, 4.69) is 5.32 Å². The lowest BCUT2D eigenvalue weighted by molar-refractivity contribution is 0.0563. The van der Waals surface area contributed by atoms with Crippen molar-refractivity contribution in [1.29, 1.82) is 0 Å². The minimum absolute atomic E-state index is 0.0764. The molecule has 4 heteroatoms. The molecule has 1 fully saturated rings. The molecule has 110 valence electrons. The average Bonchev–Trinajstić information content (AvgIpc) is 2.40. The van der Waals surface area contributed by atoms with E-state index in [0.717, 1.165) is 29.7 Å². The fraction of sp³-hybridized carbons (Fsp3) is 0.562. The standard InChI is InChI=1S/C16H24N2O2/c1-12-7-8-14(15(11-12)17-2)16(20)18(9-4-10-19)13-5-3-6-13/h7-8,11,13,17,19H,3-6,9-10H2,1-2H3. The lowest BCUT2D eigenvalue weighted by Gasteiger charge is -2.38. The number of rotatable bonds is 6. The number of benzene rings is 1. The Morgan fingerprint density at radius 3 is 2.75 bits per heavy atom. The van der Waals surface area contributed by atoms with Crippen LogP contribution in [0.15, 0.2) is 18.2 Å². The van der Waals surface area contributed by atoms with E-state index in [0.29, 0.717) is 19.0 Å². The first kappa shape index (κ1) is 14.9. The van der Waals surface area contributed by atoms with Gasteiger partial charge < -0.3 is 15.3 Å². The maximum absolute atomic E-state index is 12.8. The highest BCUT2D eigenvalue weighted by Gasteiger charge is 2.29. The molecule has 1 aromatic rings. The molecule has 0 radical (unpaired) electrons. The monoisotopic (exact) mass is 276 g/mol. The van der Waals surface area contributed by atoms with E-state index in [1.54, 1.807) is 0 Å². The zero-order valence-corrected chi connectivity index (χ0v) is 12.4. The van der Waals surface area contributed by atoms with Gasteiger partial charge in [-0.3, -0.25) is 4.79 Å². The Labute approximate surface area is 120 Å². The second kappa shape index (κ2) is 6.75. The molecule has 0 spiro atoms. The summed E-state index contributed by atoms with van der Waals surface area (Å²) < 4.78 is 0. The topological polar surface area (TPSA) is 52.6 Å². The number of nitrogens with zero attached hydrogens (tertiary/aromatic N) is 1. The van der Waals surface area contributed by atoms with Crippen LogP contribution in [-0.4, -0.2) is 42.2 Å². The molecule has 0 saturated heterocycles. The molecule has 20 heavy (non-hydrogen) atoms. The zero-order chi connectivity index (χ0) is 14.5. The van der Waals surface area contributed by atoms with Gasteiger partial charge in [0.05, 0.1) is 5.56 Å². The molecular formula is C16H24N2O2. The number of anilines is 1. The molecule has 0 unspecified atom stereocenters.